The largest absolute Gasteiger partial charge is 0.305 e. The van der Waals surface area contributed by atoms with E-state index in [0.29, 0.717) is 0 Å². The number of aromatic nitrogens is 2. The molecule has 2 N–H and O–H groups in total. The zero-order chi connectivity index (χ0) is 14.9. The Kier molecular flexibility index (Phi) is 4.04. The molecule has 0 fully saturated rings. The van der Waals surface area contributed by atoms with Gasteiger partial charge >= 0.3 is 0 Å². The van der Waals surface area contributed by atoms with Crippen LogP contribution in [-0.4, -0.2) is 16.1 Å². The molecule has 2 aromatic rings. The second-order valence-electron chi connectivity index (χ2n) is 4.56. The molecule has 2 rings (SSSR count). The van der Waals surface area contributed by atoms with Crippen LogP contribution in [-0.2, 0) is 0 Å². The van der Waals surface area contributed by atoms with Gasteiger partial charge in [-0.2, -0.15) is 5.10 Å². The fourth-order valence-electron chi connectivity index (χ4n) is 1.58. The van der Waals surface area contributed by atoms with Gasteiger partial charge in [0.05, 0.1) is 10.6 Å². The lowest BCUT2D eigenvalue weighted by Crippen LogP contribution is -2.14. The molecule has 0 aliphatic carbocycles. The molecule has 1 amide bonds. The molecule has 20 heavy (non-hydrogen) atoms. The summed E-state index contributed by atoms with van der Waals surface area (Å²) in [6.07, 6.45) is 0. The van der Waals surface area contributed by atoms with Crippen molar-refractivity contribution in [2.24, 2.45) is 0 Å². The number of nitrogens with zero attached hydrogens (tertiary/aromatic N) is 1. The molecular formula is C13H12ClF2N3O. The van der Waals surface area contributed by atoms with Gasteiger partial charge in [-0.3, -0.25) is 9.89 Å². The van der Waals surface area contributed by atoms with Gasteiger partial charge in [0.15, 0.2) is 5.82 Å². The van der Waals surface area contributed by atoms with E-state index in [-0.39, 0.29) is 16.8 Å². The number of anilines is 1. The number of aromatic amines is 1. The molecule has 0 radical (unpaired) electrons. The zero-order valence-electron chi connectivity index (χ0n) is 10.8. The third-order valence-corrected chi connectivity index (χ3v) is 3.01. The molecule has 0 unspecified atom stereocenters. The predicted octanol–water partition coefficient (Wildman–Crippen LogP) is 3.72. The van der Waals surface area contributed by atoms with Crippen molar-refractivity contribution in [3.05, 3.63) is 46.1 Å². The van der Waals surface area contributed by atoms with Crippen molar-refractivity contribution in [2.75, 3.05) is 5.32 Å². The number of carbonyl (C=O) groups is 1. The fourth-order valence-corrected chi connectivity index (χ4v) is 1.73. The average Bonchev–Trinajstić information content (AvgIpc) is 2.82. The van der Waals surface area contributed by atoms with Gasteiger partial charge in [-0.05, 0) is 18.1 Å². The summed E-state index contributed by atoms with van der Waals surface area (Å²) in [6, 6.07) is 3.14. The number of halogens is 3. The Labute approximate surface area is 119 Å². The van der Waals surface area contributed by atoms with Crippen LogP contribution in [0.25, 0.3) is 0 Å². The second-order valence-corrected chi connectivity index (χ2v) is 4.97. The van der Waals surface area contributed by atoms with Gasteiger partial charge in [-0.15, -0.1) is 0 Å². The Balaban J connectivity index is 2.21. The molecule has 1 aromatic carbocycles. The molecule has 7 heteroatoms. The molecule has 1 aromatic heterocycles. The van der Waals surface area contributed by atoms with E-state index in [4.69, 9.17) is 11.6 Å². The molecule has 0 aliphatic rings. The Morgan fingerprint density at radius 1 is 1.30 bits per heavy atom. The van der Waals surface area contributed by atoms with E-state index in [1.54, 1.807) is 6.07 Å². The third-order valence-electron chi connectivity index (χ3n) is 2.72. The fraction of sp³-hybridized carbons (Fsp3) is 0.231. The lowest BCUT2D eigenvalue weighted by molar-refractivity contribution is 0.102. The summed E-state index contributed by atoms with van der Waals surface area (Å²) in [7, 11) is 0. The van der Waals surface area contributed by atoms with E-state index < -0.39 is 23.1 Å². The molecule has 0 atom stereocenters. The summed E-state index contributed by atoms with van der Waals surface area (Å²) in [4.78, 5) is 11.9. The van der Waals surface area contributed by atoms with E-state index in [9.17, 15) is 13.6 Å². The van der Waals surface area contributed by atoms with Gasteiger partial charge in [0.2, 0.25) is 0 Å². The standard InChI is InChI=1S/C13H12ClF2N3O/c1-6(2)11-5-12(19-18-11)17-13(20)7-3-10(16)8(14)4-9(7)15/h3-6H,1-2H3,(H2,17,18,19,20). The van der Waals surface area contributed by atoms with Crippen molar-refractivity contribution in [2.45, 2.75) is 19.8 Å². The number of hydrogen-bond acceptors (Lipinski definition) is 2. The van der Waals surface area contributed by atoms with Gasteiger partial charge in [-0.1, -0.05) is 25.4 Å². The monoisotopic (exact) mass is 299 g/mol. The minimum atomic E-state index is -0.895. The first kappa shape index (κ1) is 14.5. The Hall–Kier alpha value is -1.95. The maximum absolute atomic E-state index is 13.6. The number of amides is 1. The first-order valence-electron chi connectivity index (χ1n) is 5.89. The number of carbonyl (C=O) groups excluding carboxylic acids is 1. The lowest BCUT2D eigenvalue weighted by atomic mass is 10.1. The topological polar surface area (TPSA) is 57.8 Å². The SMILES string of the molecule is CC(C)c1cc(NC(=O)c2cc(F)c(Cl)cc2F)n[nH]1. The van der Waals surface area contributed by atoms with Crippen LogP contribution < -0.4 is 5.32 Å². The molecule has 0 saturated carbocycles. The van der Waals surface area contributed by atoms with E-state index in [2.05, 4.69) is 15.5 Å². The number of hydrogen-bond donors (Lipinski definition) is 2. The number of H-pyrrole nitrogens is 1. The van der Waals surface area contributed by atoms with E-state index >= 15 is 0 Å². The maximum Gasteiger partial charge on any atom is 0.259 e. The summed E-state index contributed by atoms with van der Waals surface area (Å²) < 4.78 is 26.8. The summed E-state index contributed by atoms with van der Waals surface area (Å²) in [5.41, 5.74) is 0.393. The number of rotatable bonds is 3. The normalized spacial score (nSPS) is 10.9. The molecule has 0 bridgehead atoms. The Morgan fingerprint density at radius 3 is 2.60 bits per heavy atom. The maximum atomic E-state index is 13.6. The quantitative estimate of drug-likeness (QED) is 0.849. The van der Waals surface area contributed by atoms with Crippen LogP contribution in [0.3, 0.4) is 0 Å². The lowest BCUT2D eigenvalue weighted by Gasteiger charge is -2.04. The van der Waals surface area contributed by atoms with Crippen LogP contribution in [0.2, 0.25) is 5.02 Å². The predicted molar refractivity (Wildman–Crippen MR) is 72.0 cm³/mol. The highest BCUT2D eigenvalue weighted by molar-refractivity contribution is 6.30. The summed E-state index contributed by atoms with van der Waals surface area (Å²) in [5.74, 6) is -2.09. The third kappa shape index (κ3) is 2.96. The minimum absolute atomic E-state index is 0.206. The van der Waals surface area contributed by atoms with Gasteiger partial charge in [0.1, 0.15) is 11.6 Å². The Morgan fingerprint density at radius 2 is 2.00 bits per heavy atom. The smallest absolute Gasteiger partial charge is 0.259 e. The first-order chi connectivity index (χ1) is 9.38. The van der Waals surface area contributed by atoms with Crippen molar-refractivity contribution >= 4 is 23.3 Å². The molecule has 106 valence electrons. The van der Waals surface area contributed by atoms with E-state index in [1.807, 2.05) is 13.8 Å². The second kappa shape index (κ2) is 5.58. The molecule has 1 heterocycles. The summed E-state index contributed by atoms with van der Waals surface area (Å²) in [5, 5.41) is 8.63. The van der Waals surface area contributed by atoms with Crippen molar-refractivity contribution in [1.29, 1.82) is 0 Å². The minimum Gasteiger partial charge on any atom is -0.305 e. The van der Waals surface area contributed by atoms with Gasteiger partial charge < -0.3 is 5.32 Å². The molecule has 0 spiro atoms. The van der Waals surface area contributed by atoms with E-state index in [0.717, 1.165) is 17.8 Å². The van der Waals surface area contributed by atoms with Crippen molar-refractivity contribution in [1.82, 2.24) is 10.2 Å². The van der Waals surface area contributed by atoms with Crippen LogP contribution in [0.15, 0.2) is 18.2 Å². The van der Waals surface area contributed by atoms with Crippen molar-refractivity contribution in [3.63, 3.8) is 0 Å². The van der Waals surface area contributed by atoms with Crippen LogP contribution in [0.1, 0.15) is 35.8 Å². The highest BCUT2D eigenvalue weighted by Gasteiger charge is 2.17. The van der Waals surface area contributed by atoms with Crippen LogP contribution in [0, 0.1) is 11.6 Å². The van der Waals surface area contributed by atoms with E-state index in [1.165, 1.54) is 0 Å². The Bertz CT molecular complexity index is 655. The highest BCUT2D eigenvalue weighted by atomic mass is 35.5. The summed E-state index contributed by atoms with van der Waals surface area (Å²) in [6.45, 7) is 3.90. The average molecular weight is 300 g/mol. The molecule has 0 saturated heterocycles. The van der Waals surface area contributed by atoms with Crippen LogP contribution >= 0.6 is 11.6 Å². The van der Waals surface area contributed by atoms with Gasteiger partial charge in [0.25, 0.3) is 5.91 Å². The zero-order valence-corrected chi connectivity index (χ0v) is 11.6. The van der Waals surface area contributed by atoms with Crippen LogP contribution in [0.5, 0.6) is 0 Å². The number of benzene rings is 1. The molecule has 4 nitrogen and oxygen atoms in total. The molecular weight excluding hydrogens is 288 g/mol. The van der Waals surface area contributed by atoms with Gasteiger partial charge in [-0.25, -0.2) is 8.78 Å². The van der Waals surface area contributed by atoms with Crippen molar-refractivity contribution in [3.8, 4) is 0 Å². The summed E-state index contributed by atoms with van der Waals surface area (Å²) >= 11 is 5.42. The number of nitrogens with one attached hydrogen (secondary N) is 2. The van der Waals surface area contributed by atoms with Crippen molar-refractivity contribution < 1.29 is 13.6 Å². The van der Waals surface area contributed by atoms with Crippen LogP contribution in [0.4, 0.5) is 14.6 Å². The first-order valence-corrected chi connectivity index (χ1v) is 6.27. The van der Waals surface area contributed by atoms with Gasteiger partial charge in [0, 0.05) is 11.8 Å². The molecule has 0 aliphatic heterocycles. The highest BCUT2D eigenvalue weighted by Crippen LogP contribution is 2.21.